The first kappa shape index (κ1) is 32.6. The second kappa shape index (κ2) is 10.6. The smallest absolute Gasteiger partial charge is 0.417 e. The van der Waals surface area contributed by atoms with Gasteiger partial charge < -0.3 is 26.2 Å². The maximum atomic E-state index is 14.9. The van der Waals surface area contributed by atoms with E-state index in [0.29, 0.717) is 36.8 Å². The SMILES string of the molecule is CCN(Cc1cc(O)c2c(c1C(F)(F)F)CC1C[C@H]3CC(O)=C(C(N)=O)C(=O)[C@@]3(O)C(O)=C1C2=O)C[C@@H]1CCC2C(C)C1C2(C)C. The molecular formula is C34H41F3N2O7. The van der Waals surface area contributed by atoms with Crippen LogP contribution in [-0.2, 0) is 28.7 Å². The number of aromatic hydroxyl groups is 1. The van der Waals surface area contributed by atoms with Crippen molar-refractivity contribution >= 4 is 17.5 Å². The minimum Gasteiger partial charge on any atom is -0.511 e. The molecule has 46 heavy (non-hydrogen) atoms. The summed E-state index contributed by atoms with van der Waals surface area (Å²) in [4.78, 5) is 40.8. The molecule has 7 rings (SSSR count). The Kier molecular flexibility index (Phi) is 7.48. The molecule has 0 aromatic heterocycles. The number of Topliss-reactive ketones (excluding diaryl/α,β-unsaturated/α-hetero) is 2. The highest BCUT2D eigenvalue weighted by Gasteiger charge is 2.61. The molecule has 1 amide bonds. The van der Waals surface area contributed by atoms with E-state index in [1.165, 1.54) is 0 Å². The van der Waals surface area contributed by atoms with Crippen LogP contribution in [0.1, 0.15) is 80.4 Å². The van der Waals surface area contributed by atoms with Gasteiger partial charge in [-0.3, -0.25) is 19.3 Å². The van der Waals surface area contributed by atoms with Gasteiger partial charge in [0.05, 0.1) is 11.1 Å². The van der Waals surface area contributed by atoms with Crippen LogP contribution in [0.5, 0.6) is 5.75 Å². The minimum absolute atomic E-state index is 0.0914. The lowest BCUT2D eigenvalue weighted by atomic mass is 9.40. The van der Waals surface area contributed by atoms with Gasteiger partial charge in [-0.2, -0.15) is 13.2 Å². The van der Waals surface area contributed by atoms with E-state index in [2.05, 4.69) is 20.8 Å². The third-order valence-corrected chi connectivity index (χ3v) is 12.1. The van der Waals surface area contributed by atoms with Gasteiger partial charge in [-0.1, -0.05) is 27.7 Å². The number of carbonyl (C=O) groups is 3. The number of hydrogen-bond donors (Lipinski definition) is 5. The molecule has 0 spiro atoms. The van der Waals surface area contributed by atoms with E-state index in [1.54, 1.807) is 0 Å². The Morgan fingerprint density at radius 2 is 1.80 bits per heavy atom. The van der Waals surface area contributed by atoms with E-state index in [1.807, 2.05) is 11.8 Å². The van der Waals surface area contributed by atoms with Crippen LogP contribution in [0.3, 0.4) is 0 Å². The number of fused-ring (bicyclic) bond motifs is 5. The molecule has 4 unspecified atom stereocenters. The van der Waals surface area contributed by atoms with Crippen LogP contribution < -0.4 is 5.73 Å². The van der Waals surface area contributed by atoms with Gasteiger partial charge in [0.25, 0.3) is 5.91 Å². The number of nitrogens with two attached hydrogens (primary N) is 1. The van der Waals surface area contributed by atoms with E-state index in [0.717, 1.165) is 18.9 Å². The van der Waals surface area contributed by atoms with Crippen LogP contribution in [0.15, 0.2) is 28.7 Å². The number of carbonyl (C=O) groups excluding carboxylic acids is 3. The molecule has 0 heterocycles. The second-order valence-electron chi connectivity index (χ2n) is 14.7. The fraction of sp³-hybridized carbons (Fsp3) is 0.618. The van der Waals surface area contributed by atoms with Gasteiger partial charge in [0, 0.05) is 31.0 Å². The molecule has 7 atom stereocenters. The lowest BCUT2D eigenvalue weighted by molar-refractivity contribution is -0.166. The normalized spacial score (nSPS) is 33.4. The molecule has 0 saturated heterocycles. The number of alkyl halides is 3. The van der Waals surface area contributed by atoms with Crippen molar-refractivity contribution in [3.63, 3.8) is 0 Å². The predicted octanol–water partition coefficient (Wildman–Crippen LogP) is 4.74. The van der Waals surface area contributed by atoms with Crippen LogP contribution in [0.2, 0.25) is 0 Å². The molecular weight excluding hydrogens is 605 g/mol. The summed E-state index contributed by atoms with van der Waals surface area (Å²) >= 11 is 0. The van der Waals surface area contributed by atoms with Crippen LogP contribution in [-0.4, -0.2) is 61.5 Å². The van der Waals surface area contributed by atoms with Crippen molar-refractivity contribution in [2.75, 3.05) is 13.1 Å². The third-order valence-electron chi connectivity index (χ3n) is 12.1. The summed E-state index contributed by atoms with van der Waals surface area (Å²) in [6.45, 7) is 9.69. The Bertz CT molecular complexity index is 1610. The van der Waals surface area contributed by atoms with Crippen LogP contribution >= 0.6 is 0 Å². The average Bonchev–Trinajstić information content (AvgIpc) is 2.93. The number of benzene rings is 1. The van der Waals surface area contributed by atoms with Gasteiger partial charge in [-0.15, -0.1) is 0 Å². The minimum atomic E-state index is -4.88. The fourth-order valence-electron chi connectivity index (χ4n) is 10.3. The topological polar surface area (TPSA) is 161 Å². The number of allylic oxidation sites excluding steroid dienone is 2. The molecule has 3 fully saturated rings. The van der Waals surface area contributed by atoms with Crippen molar-refractivity contribution in [3.05, 3.63) is 51.0 Å². The number of rotatable bonds is 6. The number of phenolic OH excluding ortho intramolecular Hbond substituents is 1. The molecule has 3 saturated carbocycles. The van der Waals surface area contributed by atoms with Gasteiger partial charge in [0.2, 0.25) is 5.78 Å². The summed E-state index contributed by atoms with van der Waals surface area (Å²) < 4.78 is 44.8. The molecule has 6 N–H and O–H groups in total. The number of amides is 1. The molecule has 12 heteroatoms. The van der Waals surface area contributed by atoms with E-state index in [4.69, 9.17) is 5.73 Å². The van der Waals surface area contributed by atoms with Gasteiger partial charge in [0.15, 0.2) is 11.4 Å². The first-order chi connectivity index (χ1) is 21.3. The Morgan fingerprint density at radius 1 is 1.13 bits per heavy atom. The molecule has 0 aliphatic heterocycles. The first-order valence-corrected chi connectivity index (χ1v) is 16.0. The Balaban J connectivity index is 1.39. The first-order valence-electron chi connectivity index (χ1n) is 16.0. The van der Waals surface area contributed by atoms with Crippen molar-refractivity contribution in [3.8, 4) is 5.75 Å². The van der Waals surface area contributed by atoms with Gasteiger partial charge in [-0.25, -0.2) is 0 Å². The van der Waals surface area contributed by atoms with Crippen molar-refractivity contribution in [2.24, 2.45) is 46.7 Å². The largest absolute Gasteiger partial charge is 0.511 e. The summed E-state index contributed by atoms with van der Waals surface area (Å²) in [7, 11) is 0. The van der Waals surface area contributed by atoms with Crippen LogP contribution in [0, 0.1) is 40.9 Å². The molecule has 1 aromatic rings. The number of phenols is 1. The summed E-state index contributed by atoms with van der Waals surface area (Å²) in [6, 6.07) is 0.963. The molecule has 9 nitrogen and oxygen atoms in total. The molecule has 6 aliphatic rings. The maximum Gasteiger partial charge on any atom is 0.417 e. The second-order valence-corrected chi connectivity index (χ2v) is 14.7. The van der Waals surface area contributed by atoms with Crippen molar-refractivity contribution < 1.29 is 48.0 Å². The molecule has 2 bridgehead atoms. The quantitative estimate of drug-likeness (QED) is 0.277. The average molecular weight is 647 g/mol. The zero-order valence-corrected chi connectivity index (χ0v) is 26.4. The van der Waals surface area contributed by atoms with Crippen molar-refractivity contribution in [1.29, 1.82) is 0 Å². The highest BCUT2D eigenvalue weighted by Crippen LogP contribution is 2.65. The number of halogens is 3. The van der Waals surface area contributed by atoms with E-state index in [9.17, 15) is 48.0 Å². The van der Waals surface area contributed by atoms with E-state index < -0.39 is 99.0 Å². The van der Waals surface area contributed by atoms with E-state index >= 15 is 0 Å². The van der Waals surface area contributed by atoms with Crippen molar-refractivity contribution in [1.82, 2.24) is 4.90 Å². The van der Waals surface area contributed by atoms with Gasteiger partial charge in [0.1, 0.15) is 22.8 Å². The highest BCUT2D eigenvalue weighted by atomic mass is 19.4. The van der Waals surface area contributed by atoms with E-state index in [-0.39, 0.29) is 23.9 Å². The fourth-order valence-corrected chi connectivity index (χ4v) is 10.3. The lowest BCUT2D eigenvalue weighted by Gasteiger charge is -2.65. The zero-order chi connectivity index (χ0) is 33.8. The number of hydrogen-bond acceptors (Lipinski definition) is 8. The number of nitrogens with zero attached hydrogens (tertiary/aromatic N) is 1. The molecule has 250 valence electrons. The highest BCUT2D eigenvalue weighted by molar-refractivity contribution is 6.24. The van der Waals surface area contributed by atoms with Crippen molar-refractivity contribution in [2.45, 2.75) is 78.1 Å². The summed E-state index contributed by atoms with van der Waals surface area (Å²) in [6.07, 6.45) is -3.90. The lowest BCUT2D eigenvalue weighted by Crippen LogP contribution is -2.60. The predicted molar refractivity (Wildman–Crippen MR) is 159 cm³/mol. The number of aliphatic hydroxyl groups excluding tert-OH is 2. The third kappa shape index (κ3) is 4.46. The molecule has 0 radical (unpaired) electrons. The van der Waals surface area contributed by atoms with Crippen LogP contribution in [0.4, 0.5) is 13.2 Å². The Morgan fingerprint density at radius 3 is 2.37 bits per heavy atom. The summed E-state index contributed by atoms with van der Waals surface area (Å²) in [5, 5.41) is 44.0. The number of aliphatic hydroxyl groups is 3. The number of ketones is 2. The summed E-state index contributed by atoms with van der Waals surface area (Å²) in [5.74, 6) is -6.63. The summed E-state index contributed by atoms with van der Waals surface area (Å²) in [5.41, 5.74) is -1.00. The molecule has 6 aliphatic carbocycles. The van der Waals surface area contributed by atoms with Gasteiger partial charge >= 0.3 is 6.18 Å². The monoisotopic (exact) mass is 646 g/mol. The number of primary amides is 1. The van der Waals surface area contributed by atoms with Crippen LogP contribution in [0.25, 0.3) is 0 Å². The van der Waals surface area contributed by atoms with Gasteiger partial charge in [-0.05, 0) is 84.4 Å². The molecule has 1 aromatic carbocycles. The zero-order valence-electron chi connectivity index (χ0n) is 26.4. The Hall–Kier alpha value is -3.38. The Labute approximate surface area is 264 Å². The standard InChI is InChI=1S/C34H41F3N2O7/c1-5-39(12-15-6-7-20-14(2)26(15)32(20,3)4)13-17-10-21(40)24-19(27(17)34(35,36)37)9-16-8-18-11-22(41)25(31(38)45)30(44)33(18,46)29(43)23(16)28(24)42/h10,14-16,18,20,26,40-41,43,46H,5-9,11-13H2,1-4H3,(H2,38,45)/t14?,15-,16?,18-,20?,26?,33-/m0/s1. The maximum absolute atomic E-state index is 14.9.